The Hall–Kier alpha value is -1.10. The molecule has 18 heavy (non-hydrogen) atoms. The lowest BCUT2D eigenvalue weighted by Gasteiger charge is -2.26. The van der Waals surface area contributed by atoms with Gasteiger partial charge in [0.2, 0.25) is 5.91 Å². The molecular weight excluding hydrogens is 234 g/mol. The number of nitrogens with zero attached hydrogens (tertiary/aromatic N) is 1. The summed E-state index contributed by atoms with van der Waals surface area (Å²) in [6, 6.07) is -0.660. The molecule has 1 aliphatic carbocycles. The molecule has 0 spiro atoms. The van der Waals surface area contributed by atoms with Gasteiger partial charge in [-0.25, -0.2) is 4.79 Å². The van der Waals surface area contributed by atoms with E-state index in [2.05, 4.69) is 6.92 Å². The second kappa shape index (κ2) is 7.36. The van der Waals surface area contributed by atoms with Crippen LogP contribution in [-0.4, -0.2) is 47.2 Å². The van der Waals surface area contributed by atoms with Crippen LogP contribution in [0.2, 0.25) is 0 Å². The number of hydrogen-bond acceptors (Lipinski definition) is 3. The van der Waals surface area contributed by atoms with Crippen molar-refractivity contribution >= 4 is 11.9 Å². The SMILES string of the molecule is CCCCCOCC(=O)N(C1CC1)C(C)C(=O)O. The predicted octanol–water partition coefficient (Wildman–Crippen LogP) is 1.66. The predicted molar refractivity (Wildman–Crippen MR) is 67.3 cm³/mol. The lowest BCUT2D eigenvalue weighted by molar-refractivity contribution is -0.152. The molecule has 5 heteroatoms. The van der Waals surface area contributed by atoms with Crippen LogP contribution in [0.3, 0.4) is 0 Å². The Morgan fingerprint density at radius 2 is 2.06 bits per heavy atom. The molecule has 5 nitrogen and oxygen atoms in total. The van der Waals surface area contributed by atoms with Gasteiger partial charge < -0.3 is 14.7 Å². The number of carboxylic acids is 1. The topological polar surface area (TPSA) is 66.8 Å². The minimum absolute atomic E-state index is 0.00215. The number of carbonyl (C=O) groups excluding carboxylic acids is 1. The molecule has 1 unspecified atom stereocenters. The van der Waals surface area contributed by atoms with E-state index in [1.807, 2.05) is 0 Å². The molecule has 0 saturated heterocycles. The molecular formula is C13H23NO4. The lowest BCUT2D eigenvalue weighted by atomic mass is 10.2. The van der Waals surface area contributed by atoms with Crippen LogP contribution in [0.25, 0.3) is 0 Å². The maximum absolute atomic E-state index is 11.9. The summed E-state index contributed by atoms with van der Waals surface area (Å²) in [7, 11) is 0. The molecule has 1 saturated carbocycles. The number of rotatable bonds is 9. The zero-order valence-corrected chi connectivity index (χ0v) is 11.2. The molecule has 1 aliphatic rings. The molecule has 0 bridgehead atoms. The van der Waals surface area contributed by atoms with Crippen molar-refractivity contribution in [2.75, 3.05) is 13.2 Å². The van der Waals surface area contributed by atoms with E-state index in [4.69, 9.17) is 9.84 Å². The maximum atomic E-state index is 11.9. The van der Waals surface area contributed by atoms with Gasteiger partial charge in [-0.15, -0.1) is 0 Å². The molecule has 0 radical (unpaired) electrons. The smallest absolute Gasteiger partial charge is 0.326 e. The van der Waals surface area contributed by atoms with Crippen molar-refractivity contribution in [2.45, 2.75) is 58.0 Å². The molecule has 1 atom stereocenters. The van der Waals surface area contributed by atoms with E-state index in [1.54, 1.807) is 6.92 Å². The van der Waals surface area contributed by atoms with Gasteiger partial charge in [-0.3, -0.25) is 4.79 Å². The number of hydrogen-bond donors (Lipinski definition) is 1. The van der Waals surface area contributed by atoms with Crippen molar-refractivity contribution in [3.05, 3.63) is 0 Å². The first kappa shape index (κ1) is 15.0. The van der Waals surface area contributed by atoms with Crippen molar-refractivity contribution in [1.82, 2.24) is 4.90 Å². The van der Waals surface area contributed by atoms with Crippen molar-refractivity contribution in [2.24, 2.45) is 0 Å². The third kappa shape index (κ3) is 4.64. The monoisotopic (exact) mass is 257 g/mol. The van der Waals surface area contributed by atoms with Gasteiger partial charge in [0.15, 0.2) is 0 Å². The van der Waals surface area contributed by atoms with Gasteiger partial charge in [0.25, 0.3) is 0 Å². The van der Waals surface area contributed by atoms with Crippen LogP contribution in [-0.2, 0) is 14.3 Å². The molecule has 0 aromatic rings. The first-order chi connectivity index (χ1) is 8.57. The van der Waals surface area contributed by atoms with Crippen molar-refractivity contribution < 1.29 is 19.4 Å². The molecule has 0 heterocycles. The Balaban J connectivity index is 2.34. The van der Waals surface area contributed by atoms with E-state index in [0.717, 1.165) is 32.1 Å². The standard InChI is InChI=1S/C13H23NO4/c1-3-4-5-8-18-9-12(15)14(11-6-7-11)10(2)13(16)17/h10-11H,3-9H2,1-2H3,(H,16,17). The molecule has 1 N–H and O–H groups in total. The Bertz CT molecular complexity index is 289. The summed E-state index contributed by atoms with van der Waals surface area (Å²) in [6.45, 7) is 4.22. The summed E-state index contributed by atoms with van der Waals surface area (Å²) in [6.07, 6.45) is 4.95. The van der Waals surface area contributed by atoms with Crippen LogP contribution in [0.1, 0.15) is 46.0 Å². The molecule has 0 aliphatic heterocycles. The fourth-order valence-electron chi connectivity index (χ4n) is 1.90. The van der Waals surface area contributed by atoms with Crippen LogP contribution in [0.4, 0.5) is 0 Å². The van der Waals surface area contributed by atoms with Gasteiger partial charge >= 0.3 is 5.97 Å². The molecule has 1 amide bonds. The van der Waals surface area contributed by atoms with Crippen LogP contribution < -0.4 is 0 Å². The van der Waals surface area contributed by atoms with Crippen LogP contribution >= 0.6 is 0 Å². The first-order valence-electron chi connectivity index (χ1n) is 6.69. The van der Waals surface area contributed by atoms with Gasteiger partial charge in [-0.05, 0) is 26.2 Å². The first-order valence-corrected chi connectivity index (χ1v) is 6.69. The lowest BCUT2D eigenvalue weighted by Crippen LogP contribution is -2.46. The van der Waals surface area contributed by atoms with E-state index in [9.17, 15) is 9.59 Å². The normalized spacial score (nSPS) is 16.3. The van der Waals surface area contributed by atoms with Crippen LogP contribution in [0, 0.1) is 0 Å². The van der Waals surface area contributed by atoms with Gasteiger partial charge in [-0.2, -0.15) is 0 Å². The maximum Gasteiger partial charge on any atom is 0.326 e. The highest BCUT2D eigenvalue weighted by molar-refractivity contribution is 5.84. The Morgan fingerprint density at radius 1 is 1.39 bits per heavy atom. The Kier molecular flexibility index (Phi) is 6.12. The summed E-state index contributed by atoms with van der Waals surface area (Å²) < 4.78 is 5.30. The molecule has 1 fully saturated rings. The summed E-state index contributed by atoms with van der Waals surface area (Å²) in [5.74, 6) is -1.16. The number of unbranched alkanes of at least 4 members (excludes halogenated alkanes) is 2. The molecule has 0 aromatic heterocycles. The van der Waals surface area contributed by atoms with E-state index in [-0.39, 0.29) is 18.6 Å². The fraction of sp³-hybridized carbons (Fsp3) is 0.846. The highest BCUT2D eigenvalue weighted by Gasteiger charge is 2.38. The number of ether oxygens (including phenoxy) is 1. The highest BCUT2D eigenvalue weighted by Crippen LogP contribution is 2.28. The Morgan fingerprint density at radius 3 is 2.56 bits per heavy atom. The van der Waals surface area contributed by atoms with Gasteiger partial charge in [0.1, 0.15) is 12.6 Å². The zero-order chi connectivity index (χ0) is 13.5. The third-order valence-corrected chi connectivity index (χ3v) is 3.12. The largest absolute Gasteiger partial charge is 0.480 e. The number of amides is 1. The van der Waals surface area contributed by atoms with Gasteiger partial charge in [0.05, 0.1) is 0 Å². The van der Waals surface area contributed by atoms with Gasteiger partial charge in [0, 0.05) is 12.6 Å². The van der Waals surface area contributed by atoms with E-state index < -0.39 is 12.0 Å². The second-order valence-electron chi connectivity index (χ2n) is 4.81. The summed E-state index contributed by atoms with van der Waals surface area (Å²) in [5, 5.41) is 8.98. The summed E-state index contributed by atoms with van der Waals surface area (Å²) in [4.78, 5) is 24.4. The minimum Gasteiger partial charge on any atom is -0.480 e. The third-order valence-electron chi connectivity index (χ3n) is 3.12. The summed E-state index contributed by atoms with van der Waals surface area (Å²) in [5.41, 5.74) is 0. The zero-order valence-electron chi connectivity index (χ0n) is 11.2. The molecule has 1 rings (SSSR count). The van der Waals surface area contributed by atoms with E-state index in [0.29, 0.717) is 6.61 Å². The van der Waals surface area contributed by atoms with Crippen molar-refractivity contribution in [3.8, 4) is 0 Å². The quantitative estimate of drug-likeness (QED) is 0.638. The van der Waals surface area contributed by atoms with E-state index >= 15 is 0 Å². The average Bonchev–Trinajstić information content (AvgIpc) is 3.13. The van der Waals surface area contributed by atoms with Crippen LogP contribution in [0.5, 0.6) is 0 Å². The van der Waals surface area contributed by atoms with E-state index in [1.165, 1.54) is 4.90 Å². The highest BCUT2D eigenvalue weighted by atomic mass is 16.5. The summed E-state index contributed by atoms with van der Waals surface area (Å²) >= 11 is 0. The molecule has 104 valence electrons. The van der Waals surface area contributed by atoms with Gasteiger partial charge in [-0.1, -0.05) is 19.8 Å². The van der Waals surface area contributed by atoms with Crippen molar-refractivity contribution in [3.63, 3.8) is 0 Å². The number of aliphatic carboxylic acids is 1. The Labute approximate surface area is 108 Å². The fourth-order valence-corrected chi connectivity index (χ4v) is 1.90. The molecule has 0 aromatic carbocycles. The van der Waals surface area contributed by atoms with Crippen molar-refractivity contribution in [1.29, 1.82) is 0 Å². The minimum atomic E-state index is -0.957. The second-order valence-corrected chi connectivity index (χ2v) is 4.81. The number of carbonyl (C=O) groups is 2. The number of carboxylic acid groups (broad SMARTS) is 1. The van der Waals surface area contributed by atoms with Crippen LogP contribution in [0.15, 0.2) is 0 Å². The average molecular weight is 257 g/mol.